The van der Waals surface area contributed by atoms with Gasteiger partial charge in [0, 0.05) is 18.7 Å². The van der Waals surface area contributed by atoms with Crippen molar-refractivity contribution in [3.63, 3.8) is 0 Å². The highest BCUT2D eigenvalue weighted by Crippen LogP contribution is 2.24. The van der Waals surface area contributed by atoms with Gasteiger partial charge in [-0.3, -0.25) is 10.1 Å². The topological polar surface area (TPSA) is 80.3 Å². The SMILES string of the molecule is CCOC1C[15N]=[15N]N1c1ccc([N+](=O)[O-])cc1. The molecule has 1 aromatic carbocycles. The lowest BCUT2D eigenvalue weighted by atomic mass is 10.3. The third kappa shape index (κ3) is 2.39. The highest BCUT2D eigenvalue weighted by Gasteiger charge is 2.24. The van der Waals surface area contributed by atoms with Gasteiger partial charge >= 0.3 is 0 Å². The second kappa shape index (κ2) is 4.88. The van der Waals surface area contributed by atoms with Crippen LogP contribution in [-0.2, 0) is 4.74 Å². The summed E-state index contributed by atoms with van der Waals surface area (Å²) in [6, 6.07) is 6.14. The first-order valence-corrected chi connectivity index (χ1v) is 5.25. The van der Waals surface area contributed by atoms with Crippen molar-refractivity contribution in [3.05, 3.63) is 34.4 Å². The fraction of sp³-hybridized carbons (Fsp3) is 0.400. The number of nitro benzene ring substituents is 1. The minimum atomic E-state index is -0.435. The molecule has 0 saturated carbocycles. The largest absolute Gasteiger partial charge is 0.355 e. The summed E-state index contributed by atoms with van der Waals surface area (Å²) >= 11 is 0. The maximum atomic E-state index is 10.5. The smallest absolute Gasteiger partial charge is 0.269 e. The molecule has 90 valence electrons. The normalized spacial score (nSPS) is 18.6. The van der Waals surface area contributed by atoms with Gasteiger partial charge in [0.05, 0.1) is 10.6 Å². The molecule has 1 aromatic rings. The van der Waals surface area contributed by atoms with E-state index < -0.39 is 4.92 Å². The molecule has 0 fully saturated rings. The van der Waals surface area contributed by atoms with Crippen molar-refractivity contribution in [2.75, 3.05) is 18.2 Å². The average Bonchev–Trinajstić information content (AvgIpc) is 2.78. The van der Waals surface area contributed by atoms with Gasteiger partial charge in [0.25, 0.3) is 5.69 Å². The van der Waals surface area contributed by atoms with E-state index in [1.54, 1.807) is 17.1 Å². The lowest BCUT2D eigenvalue weighted by Crippen LogP contribution is -2.31. The summed E-state index contributed by atoms with van der Waals surface area (Å²) in [7, 11) is 0. The first-order chi connectivity index (χ1) is 8.22. The van der Waals surface area contributed by atoms with Crippen LogP contribution in [0.4, 0.5) is 11.4 Å². The van der Waals surface area contributed by atoms with E-state index in [1.807, 2.05) is 6.92 Å². The van der Waals surface area contributed by atoms with Crippen molar-refractivity contribution in [1.29, 1.82) is 0 Å². The Labute approximate surface area is 97.8 Å². The van der Waals surface area contributed by atoms with Crippen LogP contribution in [0.25, 0.3) is 0 Å². The second-order valence-electron chi connectivity index (χ2n) is 3.44. The zero-order valence-electron chi connectivity index (χ0n) is 9.31. The Morgan fingerprint density at radius 3 is 2.82 bits per heavy atom. The fourth-order valence-electron chi connectivity index (χ4n) is 1.57. The van der Waals surface area contributed by atoms with Crippen molar-refractivity contribution in [3.8, 4) is 0 Å². The zero-order chi connectivity index (χ0) is 12.3. The molecular formula is C10H12N4O3. The van der Waals surface area contributed by atoms with Gasteiger partial charge in [0.2, 0.25) is 0 Å². The number of anilines is 1. The Hall–Kier alpha value is -2.02. The molecule has 0 N–H and O–H groups in total. The molecular weight excluding hydrogens is 226 g/mol. The van der Waals surface area contributed by atoms with Crippen LogP contribution in [0.5, 0.6) is 0 Å². The number of non-ortho nitro benzene ring substituents is 1. The van der Waals surface area contributed by atoms with E-state index in [0.29, 0.717) is 13.2 Å². The Kier molecular flexibility index (Phi) is 3.29. The van der Waals surface area contributed by atoms with E-state index in [0.717, 1.165) is 5.69 Å². The molecule has 0 aliphatic carbocycles. The van der Waals surface area contributed by atoms with Gasteiger partial charge in [-0.25, -0.2) is 5.01 Å². The molecule has 0 amide bonds. The highest BCUT2D eigenvalue weighted by atomic mass is 16.6. The van der Waals surface area contributed by atoms with Gasteiger partial charge in [-0.15, -0.1) is 0 Å². The molecule has 1 aliphatic heterocycles. The van der Waals surface area contributed by atoms with Crippen molar-refractivity contribution in [2.45, 2.75) is 13.2 Å². The number of rotatable bonds is 4. The lowest BCUT2D eigenvalue weighted by Gasteiger charge is -2.20. The molecule has 2 rings (SSSR count). The van der Waals surface area contributed by atoms with Gasteiger partial charge in [0.15, 0.2) is 6.23 Å². The average molecular weight is 238 g/mol. The maximum Gasteiger partial charge on any atom is 0.269 e. The fourth-order valence-corrected chi connectivity index (χ4v) is 1.57. The number of nitro groups is 1. The summed E-state index contributed by atoms with van der Waals surface area (Å²) in [5.74, 6) is 0. The molecule has 0 radical (unpaired) electrons. The number of ether oxygens (including phenoxy) is 1. The first-order valence-electron chi connectivity index (χ1n) is 5.25. The molecule has 0 saturated heterocycles. The molecule has 1 heterocycles. The standard InChI is InChI=1S/C10H12N4O3/c1-2-17-10-7-11-12-13(10)8-3-5-9(6-4-8)14(15)16/h3-6,10H,2,7H2,1H3/i11+1,12+1. The summed E-state index contributed by atoms with van der Waals surface area (Å²) in [4.78, 5) is 10.1. The summed E-state index contributed by atoms with van der Waals surface area (Å²) in [6.45, 7) is 2.94. The third-order valence-electron chi connectivity index (χ3n) is 2.35. The minimum Gasteiger partial charge on any atom is -0.355 e. The molecule has 1 unspecified atom stereocenters. The minimum absolute atomic E-state index is 0.0536. The van der Waals surface area contributed by atoms with E-state index in [2.05, 4.69) is 10.3 Å². The van der Waals surface area contributed by atoms with Crippen LogP contribution >= 0.6 is 0 Å². The molecule has 0 bridgehead atoms. The van der Waals surface area contributed by atoms with Crippen LogP contribution in [0.1, 0.15) is 6.92 Å². The van der Waals surface area contributed by atoms with E-state index in [4.69, 9.17) is 4.74 Å². The van der Waals surface area contributed by atoms with Gasteiger partial charge in [0.1, 0.15) is 6.54 Å². The summed E-state index contributed by atoms with van der Waals surface area (Å²) in [5.41, 5.74) is 0.785. The number of nitrogens with zero attached hydrogens (tertiary/aromatic N) is 4. The molecule has 17 heavy (non-hydrogen) atoms. The Bertz CT molecular complexity index is 432. The quantitative estimate of drug-likeness (QED) is 0.457. The number of benzene rings is 1. The maximum absolute atomic E-state index is 10.5. The molecule has 7 heteroatoms. The van der Waals surface area contributed by atoms with Crippen molar-refractivity contribution in [1.82, 2.24) is 0 Å². The van der Waals surface area contributed by atoms with Gasteiger partial charge in [-0.05, 0) is 19.1 Å². The second-order valence-corrected chi connectivity index (χ2v) is 3.44. The lowest BCUT2D eigenvalue weighted by molar-refractivity contribution is -0.384. The van der Waals surface area contributed by atoms with Crippen LogP contribution in [0.3, 0.4) is 0 Å². The Balaban J connectivity index is 2.16. The zero-order valence-corrected chi connectivity index (χ0v) is 9.31. The predicted octanol–water partition coefficient (Wildman–Crippen LogP) is 2.14. The molecule has 7 nitrogen and oxygen atoms in total. The van der Waals surface area contributed by atoms with Crippen LogP contribution in [0.15, 0.2) is 34.6 Å². The highest BCUT2D eigenvalue weighted by molar-refractivity contribution is 5.50. The molecule has 0 aromatic heterocycles. The summed E-state index contributed by atoms with van der Waals surface area (Å²) < 4.78 is 5.45. The molecule has 1 atom stereocenters. The first kappa shape index (κ1) is 11.5. The number of hydrogen-bond donors (Lipinski definition) is 0. The monoisotopic (exact) mass is 238 g/mol. The summed E-state index contributed by atoms with van der Waals surface area (Å²) in [5, 5.41) is 20.0. The Morgan fingerprint density at radius 2 is 2.24 bits per heavy atom. The van der Waals surface area contributed by atoms with Crippen molar-refractivity contribution >= 4 is 11.4 Å². The predicted molar refractivity (Wildman–Crippen MR) is 60.7 cm³/mol. The van der Waals surface area contributed by atoms with Crippen LogP contribution in [0.2, 0.25) is 0 Å². The van der Waals surface area contributed by atoms with Crippen molar-refractivity contribution in [2.24, 2.45) is 10.3 Å². The third-order valence-corrected chi connectivity index (χ3v) is 2.35. The van der Waals surface area contributed by atoms with E-state index in [-0.39, 0.29) is 11.9 Å². The van der Waals surface area contributed by atoms with Crippen LogP contribution < -0.4 is 5.01 Å². The van der Waals surface area contributed by atoms with Gasteiger partial charge in [-0.1, -0.05) is 5.22 Å². The molecule has 1 aliphatic rings. The van der Waals surface area contributed by atoms with E-state index >= 15 is 0 Å². The van der Waals surface area contributed by atoms with E-state index in [1.165, 1.54) is 12.1 Å². The summed E-state index contributed by atoms with van der Waals surface area (Å²) in [6.07, 6.45) is -0.221. The number of hydrogen-bond acceptors (Lipinski definition) is 6. The Morgan fingerprint density at radius 1 is 1.53 bits per heavy atom. The van der Waals surface area contributed by atoms with Gasteiger partial charge < -0.3 is 4.74 Å². The van der Waals surface area contributed by atoms with Gasteiger partial charge in [-0.2, -0.15) is 5.11 Å². The van der Waals surface area contributed by atoms with Crippen LogP contribution in [0, 0.1) is 10.1 Å². The van der Waals surface area contributed by atoms with Crippen LogP contribution in [-0.4, -0.2) is 24.3 Å². The molecule has 0 spiro atoms. The van der Waals surface area contributed by atoms with Crippen molar-refractivity contribution < 1.29 is 9.66 Å². The van der Waals surface area contributed by atoms with E-state index in [9.17, 15) is 10.1 Å².